The highest BCUT2D eigenvalue weighted by molar-refractivity contribution is 14.1. The maximum atomic E-state index is 13.4. The Morgan fingerprint density at radius 3 is 2.00 bits per heavy atom. The van der Waals surface area contributed by atoms with E-state index in [9.17, 15) is 4.79 Å². The number of amides is 1. The molecule has 0 unspecified atom stereocenters. The molecule has 0 heterocycles. The SMILES string of the molecule is COC(C/C(=C\CO[Si](C(C)C)(C(C)C)C(C)C)C(=O)N(C)c1ccccc1I)OC. The quantitative estimate of drug-likeness (QED) is 0.129. The lowest BCUT2D eigenvalue weighted by Gasteiger charge is -2.42. The van der Waals surface area contributed by atoms with Crippen LogP contribution in [-0.4, -0.2) is 48.4 Å². The average molecular weight is 562 g/mol. The molecule has 0 fully saturated rings. The van der Waals surface area contributed by atoms with Crippen LogP contribution >= 0.6 is 22.6 Å². The van der Waals surface area contributed by atoms with Crippen molar-refractivity contribution in [2.24, 2.45) is 0 Å². The number of hydrogen-bond acceptors (Lipinski definition) is 4. The van der Waals surface area contributed by atoms with Gasteiger partial charge in [0.15, 0.2) is 6.29 Å². The summed E-state index contributed by atoms with van der Waals surface area (Å²) in [6.07, 6.45) is 1.80. The number of methoxy groups -OCH3 is 2. The maximum Gasteiger partial charge on any atom is 0.253 e. The largest absolute Gasteiger partial charge is 0.412 e. The predicted molar refractivity (Wildman–Crippen MR) is 140 cm³/mol. The first-order chi connectivity index (χ1) is 14.5. The predicted octanol–water partition coefficient (Wildman–Crippen LogP) is 6.38. The zero-order valence-electron chi connectivity index (χ0n) is 20.6. The van der Waals surface area contributed by atoms with Crippen LogP contribution in [0.25, 0.3) is 0 Å². The van der Waals surface area contributed by atoms with Gasteiger partial charge in [0.2, 0.25) is 8.32 Å². The van der Waals surface area contributed by atoms with Crippen molar-refractivity contribution >= 4 is 42.5 Å². The zero-order valence-corrected chi connectivity index (χ0v) is 23.7. The Kier molecular flexibility index (Phi) is 11.9. The Bertz CT molecular complexity index is 710. The maximum absolute atomic E-state index is 13.4. The van der Waals surface area contributed by atoms with Crippen LogP contribution in [0, 0.1) is 3.57 Å². The number of rotatable bonds is 12. The summed E-state index contributed by atoms with van der Waals surface area (Å²) in [5.74, 6) is -0.0716. The van der Waals surface area contributed by atoms with E-state index in [4.69, 9.17) is 13.9 Å². The van der Waals surface area contributed by atoms with Crippen LogP contribution < -0.4 is 4.90 Å². The van der Waals surface area contributed by atoms with E-state index >= 15 is 0 Å². The molecule has 0 bridgehead atoms. The molecule has 0 saturated carbocycles. The molecule has 1 amide bonds. The molecule has 0 aliphatic rings. The van der Waals surface area contributed by atoms with Gasteiger partial charge in [-0.1, -0.05) is 59.8 Å². The minimum Gasteiger partial charge on any atom is -0.412 e. The van der Waals surface area contributed by atoms with Crippen molar-refractivity contribution in [2.75, 3.05) is 32.8 Å². The molecule has 0 aromatic heterocycles. The Hall–Kier alpha value is -0.743. The number of nitrogens with zero attached hydrogens (tertiary/aromatic N) is 1. The summed E-state index contributed by atoms with van der Waals surface area (Å²) >= 11 is 2.25. The Balaban J connectivity index is 3.21. The molecule has 0 spiro atoms. The van der Waals surface area contributed by atoms with E-state index in [-0.39, 0.29) is 5.91 Å². The smallest absolute Gasteiger partial charge is 0.253 e. The first-order valence-electron chi connectivity index (χ1n) is 10.9. The first kappa shape index (κ1) is 28.3. The van der Waals surface area contributed by atoms with Gasteiger partial charge in [-0.05, 0) is 51.3 Å². The van der Waals surface area contributed by atoms with Crippen LogP contribution in [0.5, 0.6) is 0 Å². The van der Waals surface area contributed by atoms with Crippen LogP contribution in [0.3, 0.4) is 0 Å². The lowest BCUT2D eigenvalue weighted by molar-refractivity contribution is -0.119. The van der Waals surface area contributed by atoms with Crippen LogP contribution in [0.2, 0.25) is 16.6 Å². The van der Waals surface area contributed by atoms with Crippen LogP contribution in [0.4, 0.5) is 5.69 Å². The summed E-state index contributed by atoms with van der Waals surface area (Å²) in [5, 5.41) is 0. The fourth-order valence-corrected chi connectivity index (χ4v) is 10.7. The van der Waals surface area contributed by atoms with Gasteiger partial charge in [0.25, 0.3) is 5.91 Å². The third-order valence-electron chi connectivity index (χ3n) is 6.08. The van der Waals surface area contributed by atoms with Crippen LogP contribution in [0.15, 0.2) is 35.9 Å². The van der Waals surface area contributed by atoms with Gasteiger partial charge < -0.3 is 18.8 Å². The van der Waals surface area contributed by atoms with Crippen molar-refractivity contribution in [3.05, 3.63) is 39.5 Å². The minimum absolute atomic E-state index is 0.0716. The highest BCUT2D eigenvalue weighted by Gasteiger charge is 2.44. The number of hydrogen-bond donors (Lipinski definition) is 0. The Labute approximate surface area is 203 Å². The topological polar surface area (TPSA) is 48.0 Å². The van der Waals surface area contributed by atoms with Crippen LogP contribution in [-0.2, 0) is 18.7 Å². The van der Waals surface area contributed by atoms with E-state index < -0.39 is 14.6 Å². The summed E-state index contributed by atoms with van der Waals surface area (Å²) in [4.78, 5) is 15.1. The fraction of sp³-hybridized carbons (Fsp3) is 0.625. The molecular formula is C24H40INO4Si. The molecule has 0 atom stereocenters. The van der Waals surface area contributed by atoms with Crippen molar-refractivity contribution in [2.45, 2.75) is 70.9 Å². The average Bonchev–Trinajstić information content (AvgIpc) is 2.72. The normalized spacial score (nSPS) is 13.0. The van der Waals surface area contributed by atoms with Gasteiger partial charge in [-0.15, -0.1) is 0 Å². The molecule has 0 N–H and O–H groups in total. The van der Waals surface area contributed by atoms with Crippen molar-refractivity contribution in [3.8, 4) is 0 Å². The number of carbonyl (C=O) groups is 1. The Morgan fingerprint density at radius 2 is 1.55 bits per heavy atom. The fourth-order valence-electron chi connectivity index (χ4n) is 4.54. The molecule has 0 aliphatic heterocycles. The van der Waals surface area contributed by atoms with Crippen molar-refractivity contribution in [1.82, 2.24) is 0 Å². The lowest BCUT2D eigenvalue weighted by atomic mass is 10.1. The van der Waals surface area contributed by atoms with Gasteiger partial charge in [-0.25, -0.2) is 0 Å². The van der Waals surface area contributed by atoms with Gasteiger partial charge in [0.05, 0.1) is 12.3 Å². The third-order valence-corrected chi connectivity index (χ3v) is 13.1. The van der Waals surface area contributed by atoms with E-state index in [1.165, 1.54) is 0 Å². The third kappa shape index (κ3) is 7.12. The number of likely N-dealkylation sites (N-methyl/N-ethyl adjacent to an activating group) is 1. The van der Waals surface area contributed by atoms with Gasteiger partial charge >= 0.3 is 0 Å². The van der Waals surface area contributed by atoms with Gasteiger partial charge in [-0.2, -0.15) is 0 Å². The molecule has 1 aromatic rings. The highest BCUT2D eigenvalue weighted by atomic mass is 127. The molecule has 0 saturated heterocycles. The number of benzene rings is 1. The van der Waals surface area contributed by atoms with Gasteiger partial charge in [-0.3, -0.25) is 4.79 Å². The first-order valence-corrected chi connectivity index (χ1v) is 14.2. The van der Waals surface area contributed by atoms with E-state index in [1.807, 2.05) is 30.3 Å². The second-order valence-corrected chi connectivity index (χ2v) is 15.4. The number of ether oxygens (including phenoxy) is 2. The number of para-hydroxylation sites is 1. The molecule has 0 aliphatic carbocycles. The van der Waals surface area contributed by atoms with E-state index in [2.05, 4.69) is 64.1 Å². The molecule has 31 heavy (non-hydrogen) atoms. The second kappa shape index (κ2) is 13.1. The summed E-state index contributed by atoms with van der Waals surface area (Å²) in [6.45, 7) is 14.0. The minimum atomic E-state index is -2.02. The van der Waals surface area contributed by atoms with Gasteiger partial charge in [0, 0.05) is 36.8 Å². The standard InChI is InChI=1S/C24H40INO4Si/c1-17(2)31(18(3)4,19(5)6)30-15-14-20(16-23(28-8)29-9)24(27)26(7)22-13-11-10-12-21(22)25/h10-14,17-19,23H,15-16H2,1-9H3/b20-14+. The Morgan fingerprint density at radius 1 is 1.03 bits per heavy atom. The number of anilines is 1. The van der Waals surface area contributed by atoms with E-state index in [0.29, 0.717) is 35.2 Å². The number of carbonyl (C=O) groups excluding carboxylic acids is 1. The molecule has 1 rings (SSSR count). The van der Waals surface area contributed by atoms with Crippen LogP contribution in [0.1, 0.15) is 48.0 Å². The van der Waals surface area contributed by atoms with Crippen molar-refractivity contribution in [1.29, 1.82) is 0 Å². The lowest BCUT2D eigenvalue weighted by Crippen LogP contribution is -2.47. The van der Waals surface area contributed by atoms with E-state index in [1.54, 1.807) is 26.2 Å². The molecule has 7 heteroatoms. The van der Waals surface area contributed by atoms with E-state index in [0.717, 1.165) is 9.26 Å². The summed E-state index contributed by atoms with van der Waals surface area (Å²) in [7, 11) is 2.96. The highest BCUT2D eigenvalue weighted by Crippen LogP contribution is 2.42. The van der Waals surface area contributed by atoms with Gasteiger partial charge in [0.1, 0.15) is 0 Å². The molecule has 176 valence electrons. The summed E-state index contributed by atoms with van der Waals surface area (Å²) in [5.41, 5.74) is 2.97. The zero-order chi connectivity index (χ0) is 23.8. The summed E-state index contributed by atoms with van der Waals surface area (Å²) < 4.78 is 18.4. The second-order valence-electron chi connectivity index (χ2n) is 8.78. The molecule has 1 aromatic carbocycles. The van der Waals surface area contributed by atoms with Crippen molar-refractivity contribution in [3.63, 3.8) is 0 Å². The molecule has 0 radical (unpaired) electrons. The molecular weight excluding hydrogens is 521 g/mol. The van der Waals surface area contributed by atoms with Crippen molar-refractivity contribution < 1.29 is 18.7 Å². The monoisotopic (exact) mass is 561 g/mol. The number of halogens is 1. The summed E-state index contributed by atoms with van der Waals surface area (Å²) in [6, 6.07) is 7.85. The molecule has 5 nitrogen and oxygen atoms in total.